The lowest BCUT2D eigenvalue weighted by Gasteiger charge is -2.23. The molecule has 4 aromatic rings. The molecule has 0 spiro atoms. The van der Waals surface area contributed by atoms with Crippen LogP contribution in [0.1, 0.15) is 23.2 Å². The van der Waals surface area contributed by atoms with Crippen LogP contribution in [0, 0.1) is 11.3 Å². The highest BCUT2D eigenvalue weighted by atomic mass is 32.1. The number of nitrogens with one attached hydrogen (secondary N) is 1. The van der Waals surface area contributed by atoms with Crippen LogP contribution in [0.5, 0.6) is 0 Å². The Labute approximate surface area is 155 Å². The Balaban J connectivity index is 1.50. The second-order valence-electron chi connectivity index (χ2n) is 6.87. The summed E-state index contributed by atoms with van der Waals surface area (Å²) >= 11 is 1.75. The minimum atomic E-state index is -0.178. The number of aromatic nitrogens is 2. The number of benzene rings is 2. The van der Waals surface area contributed by atoms with E-state index in [1.807, 2.05) is 36.4 Å². The van der Waals surface area contributed by atoms with Gasteiger partial charge in [0.2, 0.25) is 0 Å². The third kappa shape index (κ3) is 2.23. The van der Waals surface area contributed by atoms with Gasteiger partial charge in [0.15, 0.2) is 0 Å². The van der Waals surface area contributed by atoms with Gasteiger partial charge in [0.1, 0.15) is 5.82 Å². The molecule has 3 heterocycles. The zero-order chi connectivity index (χ0) is 17.7. The first-order valence-corrected chi connectivity index (χ1v) is 9.38. The number of hydrogen-bond acceptors (Lipinski definition) is 4. The third-order valence-corrected chi connectivity index (χ3v) is 6.16. The molecule has 0 radical (unpaired) electrons. The van der Waals surface area contributed by atoms with Gasteiger partial charge >= 0.3 is 0 Å². The number of hydrogen-bond donors (Lipinski definition) is 1. The smallest absolute Gasteiger partial charge is 0.131 e. The Morgan fingerprint density at radius 3 is 2.92 bits per heavy atom. The fraction of sp³-hybridized carbons (Fsp3) is 0.143. The van der Waals surface area contributed by atoms with Crippen LogP contribution in [-0.4, -0.2) is 9.66 Å². The van der Waals surface area contributed by atoms with Crippen molar-refractivity contribution in [3.63, 3.8) is 0 Å². The predicted molar refractivity (Wildman–Crippen MR) is 105 cm³/mol. The summed E-state index contributed by atoms with van der Waals surface area (Å²) in [6.07, 6.45) is 0.847. The molecule has 126 valence electrons. The Hall–Kier alpha value is -3.10. The molecule has 1 atom stereocenters. The summed E-state index contributed by atoms with van der Waals surface area (Å²) in [4.78, 5) is 6.04. The van der Waals surface area contributed by atoms with E-state index >= 15 is 0 Å². The Morgan fingerprint density at radius 1 is 1.15 bits per heavy atom. The van der Waals surface area contributed by atoms with Crippen LogP contribution in [0.4, 0.5) is 0 Å². The molecule has 1 aliphatic rings. The molecule has 1 N–H and O–H groups in total. The predicted octanol–water partition coefficient (Wildman–Crippen LogP) is 4.65. The van der Waals surface area contributed by atoms with E-state index in [9.17, 15) is 0 Å². The van der Waals surface area contributed by atoms with Crippen molar-refractivity contribution in [2.75, 3.05) is 5.43 Å². The van der Waals surface area contributed by atoms with Gasteiger partial charge in [-0.25, -0.2) is 9.66 Å². The monoisotopic (exact) mass is 356 g/mol. The van der Waals surface area contributed by atoms with Crippen molar-refractivity contribution < 1.29 is 0 Å². The molecule has 2 aromatic heterocycles. The van der Waals surface area contributed by atoms with Crippen molar-refractivity contribution >= 4 is 22.4 Å². The Bertz CT molecular complexity index is 1180. The lowest BCUT2D eigenvalue weighted by Crippen LogP contribution is -2.31. The quantitative estimate of drug-likeness (QED) is 0.569. The first kappa shape index (κ1) is 15.2. The van der Waals surface area contributed by atoms with E-state index in [1.54, 1.807) is 11.3 Å². The molecular weight excluding hydrogens is 340 g/mol. The SMILES string of the molecule is C[C@@]1(c2cc(-c3cccc(C#N)c3)cs2)Cc2nc3ccccc3n2N1. The number of rotatable bonds is 2. The lowest BCUT2D eigenvalue weighted by molar-refractivity contribution is 0.557. The molecule has 5 rings (SSSR count). The summed E-state index contributed by atoms with van der Waals surface area (Å²) in [5.41, 5.74) is 8.53. The fourth-order valence-corrected chi connectivity index (χ4v) is 4.64. The molecule has 0 bridgehead atoms. The van der Waals surface area contributed by atoms with Crippen molar-refractivity contribution in [1.29, 1.82) is 5.26 Å². The van der Waals surface area contributed by atoms with E-state index in [2.05, 4.69) is 46.7 Å². The van der Waals surface area contributed by atoms with Crippen molar-refractivity contribution in [2.24, 2.45) is 0 Å². The maximum Gasteiger partial charge on any atom is 0.131 e. The van der Waals surface area contributed by atoms with E-state index in [0.29, 0.717) is 5.56 Å². The van der Waals surface area contributed by atoms with E-state index in [0.717, 1.165) is 34.4 Å². The van der Waals surface area contributed by atoms with Gasteiger partial charge in [-0.05, 0) is 53.8 Å². The van der Waals surface area contributed by atoms with Gasteiger partial charge in [-0.2, -0.15) is 5.26 Å². The molecule has 26 heavy (non-hydrogen) atoms. The topological polar surface area (TPSA) is 53.6 Å². The molecule has 0 amide bonds. The molecule has 5 heteroatoms. The number of fused-ring (bicyclic) bond motifs is 3. The average molecular weight is 356 g/mol. The largest absolute Gasteiger partial charge is 0.313 e. The fourth-order valence-electron chi connectivity index (χ4n) is 3.61. The first-order valence-electron chi connectivity index (χ1n) is 8.50. The molecule has 1 aliphatic heterocycles. The summed E-state index contributed by atoms with van der Waals surface area (Å²) < 4.78 is 2.12. The zero-order valence-corrected chi connectivity index (χ0v) is 15.0. The van der Waals surface area contributed by atoms with Gasteiger partial charge in [0.25, 0.3) is 0 Å². The maximum absolute atomic E-state index is 9.12. The minimum Gasteiger partial charge on any atom is -0.313 e. The third-order valence-electron chi connectivity index (χ3n) is 4.97. The average Bonchev–Trinajstić information content (AvgIpc) is 3.35. The number of nitrogens with zero attached hydrogens (tertiary/aromatic N) is 3. The van der Waals surface area contributed by atoms with E-state index in [-0.39, 0.29) is 5.54 Å². The number of thiophene rings is 1. The van der Waals surface area contributed by atoms with E-state index in [4.69, 9.17) is 10.2 Å². The molecule has 0 unspecified atom stereocenters. The van der Waals surface area contributed by atoms with E-state index in [1.165, 1.54) is 4.88 Å². The van der Waals surface area contributed by atoms with Gasteiger partial charge in [0.05, 0.1) is 28.2 Å². The number of nitriles is 1. The molecule has 2 aromatic carbocycles. The van der Waals surface area contributed by atoms with Crippen LogP contribution in [0.3, 0.4) is 0 Å². The van der Waals surface area contributed by atoms with Crippen LogP contribution in [0.25, 0.3) is 22.2 Å². The van der Waals surface area contributed by atoms with Gasteiger partial charge < -0.3 is 5.43 Å². The second-order valence-corrected chi connectivity index (χ2v) is 7.78. The molecule has 4 nitrogen and oxygen atoms in total. The van der Waals surface area contributed by atoms with Crippen LogP contribution in [0.2, 0.25) is 0 Å². The standard InChI is InChI=1S/C21H16N4S/c1-21(11-20-23-17-7-2-3-8-18(17)25(20)24-21)19-10-16(13-26-19)15-6-4-5-14(9-15)12-22/h2-10,13,24H,11H2,1H3/t21-/m0/s1. The summed E-state index contributed by atoms with van der Waals surface area (Å²) in [6.45, 7) is 2.22. The Kier molecular flexibility index (Phi) is 3.18. The normalized spacial score (nSPS) is 18.5. The van der Waals surface area contributed by atoms with Gasteiger partial charge in [-0.15, -0.1) is 11.3 Å². The summed E-state index contributed by atoms with van der Waals surface area (Å²) in [5, 5.41) is 11.3. The molecule has 0 saturated heterocycles. The lowest BCUT2D eigenvalue weighted by atomic mass is 9.96. The van der Waals surface area contributed by atoms with Crippen molar-refractivity contribution in [1.82, 2.24) is 9.66 Å². The summed E-state index contributed by atoms with van der Waals surface area (Å²) in [5.74, 6) is 1.06. The Morgan fingerprint density at radius 2 is 2.04 bits per heavy atom. The van der Waals surface area contributed by atoms with Crippen molar-refractivity contribution in [3.8, 4) is 17.2 Å². The summed E-state index contributed by atoms with van der Waals surface area (Å²) in [6, 6.07) is 20.4. The van der Waals surface area contributed by atoms with Crippen molar-refractivity contribution in [3.05, 3.63) is 76.2 Å². The van der Waals surface area contributed by atoms with Crippen molar-refractivity contribution in [2.45, 2.75) is 18.9 Å². The molecular formula is C21H16N4S. The van der Waals surface area contributed by atoms with Gasteiger partial charge in [-0.3, -0.25) is 0 Å². The van der Waals surface area contributed by atoms with Gasteiger partial charge in [0, 0.05) is 11.3 Å². The minimum absolute atomic E-state index is 0.178. The highest BCUT2D eigenvalue weighted by Crippen LogP contribution is 2.39. The van der Waals surface area contributed by atoms with E-state index < -0.39 is 0 Å². The van der Waals surface area contributed by atoms with Crippen LogP contribution >= 0.6 is 11.3 Å². The second kappa shape index (κ2) is 5.45. The van der Waals surface area contributed by atoms with Crippen LogP contribution in [0.15, 0.2) is 60.0 Å². The molecule has 0 saturated carbocycles. The highest BCUT2D eigenvalue weighted by molar-refractivity contribution is 7.10. The number of imidazole rings is 1. The molecule has 0 fully saturated rings. The first-order chi connectivity index (χ1) is 12.7. The zero-order valence-electron chi connectivity index (χ0n) is 14.2. The van der Waals surface area contributed by atoms with Crippen LogP contribution in [-0.2, 0) is 12.0 Å². The van der Waals surface area contributed by atoms with Gasteiger partial charge in [-0.1, -0.05) is 24.3 Å². The molecule has 0 aliphatic carbocycles. The van der Waals surface area contributed by atoms with Crippen LogP contribution < -0.4 is 5.43 Å². The maximum atomic E-state index is 9.12. The summed E-state index contributed by atoms with van der Waals surface area (Å²) in [7, 11) is 0. The number of para-hydroxylation sites is 2. The highest BCUT2D eigenvalue weighted by Gasteiger charge is 2.37.